The lowest BCUT2D eigenvalue weighted by Gasteiger charge is -2.24. The highest BCUT2D eigenvalue weighted by Gasteiger charge is 2.49. The molecule has 2 aliphatic heterocycles. The zero-order valence-electron chi connectivity index (χ0n) is 17.4. The summed E-state index contributed by atoms with van der Waals surface area (Å²) in [5.74, 6) is 0.783. The van der Waals surface area contributed by atoms with Crippen molar-refractivity contribution < 1.29 is 17.9 Å². The SMILES string of the molecule is CCCCC(=O)N=C1S[C@@H]2CS(=O)(=O)C[C@H]2N1c1ccc(OCc2ccccc2)cc1. The molecule has 4 rings (SSSR count). The summed E-state index contributed by atoms with van der Waals surface area (Å²) >= 11 is 1.40. The molecule has 1 amide bonds. The van der Waals surface area contributed by atoms with Crippen LogP contribution >= 0.6 is 11.8 Å². The highest BCUT2D eigenvalue weighted by atomic mass is 32.2. The smallest absolute Gasteiger partial charge is 0.248 e. The molecule has 2 fully saturated rings. The standard InChI is InChI=1S/C23H26N2O4S2/c1-2-3-9-22(26)24-23-25(20-15-31(27,28)16-21(20)30-23)18-10-12-19(13-11-18)29-14-17-7-5-4-6-8-17/h4-8,10-13,20-21H,2-3,9,14-16H2,1H3/t20-,21-/m1/s1. The largest absolute Gasteiger partial charge is 0.489 e. The average molecular weight is 459 g/mol. The molecule has 8 heteroatoms. The molecule has 164 valence electrons. The number of anilines is 1. The van der Waals surface area contributed by atoms with E-state index in [2.05, 4.69) is 4.99 Å². The number of aliphatic imine (C=N–C) groups is 1. The summed E-state index contributed by atoms with van der Waals surface area (Å²) in [6.07, 6.45) is 2.14. The first kappa shape index (κ1) is 21.9. The number of rotatable bonds is 7. The van der Waals surface area contributed by atoms with Crippen molar-refractivity contribution in [1.82, 2.24) is 0 Å². The van der Waals surface area contributed by atoms with E-state index in [1.165, 1.54) is 11.8 Å². The third-order valence-electron chi connectivity index (χ3n) is 5.39. The van der Waals surface area contributed by atoms with Gasteiger partial charge < -0.3 is 9.64 Å². The average Bonchev–Trinajstić information content (AvgIpc) is 3.22. The first-order valence-corrected chi connectivity index (χ1v) is 13.2. The minimum atomic E-state index is -3.09. The maximum atomic E-state index is 12.3. The molecular weight excluding hydrogens is 432 g/mol. The number of nitrogens with zero attached hydrogens (tertiary/aromatic N) is 2. The molecule has 0 aliphatic carbocycles. The summed E-state index contributed by atoms with van der Waals surface area (Å²) in [6, 6.07) is 17.3. The zero-order valence-corrected chi connectivity index (χ0v) is 19.1. The lowest BCUT2D eigenvalue weighted by molar-refractivity contribution is -0.117. The van der Waals surface area contributed by atoms with Gasteiger partial charge in [0.25, 0.3) is 0 Å². The molecule has 0 unspecified atom stereocenters. The van der Waals surface area contributed by atoms with Crippen molar-refractivity contribution in [2.75, 3.05) is 16.4 Å². The van der Waals surface area contributed by atoms with Gasteiger partial charge in [-0.2, -0.15) is 4.99 Å². The van der Waals surface area contributed by atoms with Gasteiger partial charge in [-0.15, -0.1) is 0 Å². The van der Waals surface area contributed by atoms with Gasteiger partial charge in [0.15, 0.2) is 15.0 Å². The number of amidine groups is 1. The van der Waals surface area contributed by atoms with Crippen LogP contribution in [-0.4, -0.2) is 42.3 Å². The summed E-state index contributed by atoms with van der Waals surface area (Å²) < 4.78 is 30.3. The maximum absolute atomic E-state index is 12.3. The van der Waals surface area contributed by atoms with Crippen molar-refractivity contribution in [3.8, 4) is 5.75 Å². The molecule has 0 bridgehead atoms. The number of carbonyl (C=O) groups excluding carboxylic acids is 1. The normalized spacial score (nSPS) is 23.1. The Labute approximate surface area is 187 Å². The summed E-state index contributed by atoms with van der Waals surface area (Å²) in [6.45, 7) is 2.51. The van der Waals surface area contributed by atoms with Gasteiger partial charge in [0.05, 0.1) is 17.5 Å². The van der Waals surface area contributed by atoms with Gasteiger partial charge in [-0.05, 0) is 36.2 Å². The molecule has 2 aliphatic rings. The molecule has 0 saturated carbocycles. The third kappa shape index (κ3) is 5.30. The number of hydrogen-bond acceptors (Lipinski definition) is 5. The van der Waals surface area contributed by atoms with Crippen LogP contribution in [0.3, 0.4) is 0 Å². The molecule has 0 radical (unpaired) electrons. The van der Waals surface area contributed by atoms with E-state index in [1.54, 1.807) is 0 Å². The Kier molecular flexibility index (Phi) is 6.67. The van der Waals surface area contributed by atoms with Crippen LogP contribution in [0.15, 0.2) is 59.6 Å². The van der Waals surface area contributed by atoms with Gasteiger partial charge in [-0.3, -0.25) is 4.79 Å². The Hall–Kier alpha value is -2.32. The van der Waals surface area contributed by atoms with Crippen LogP contribution in [0.5, 0.6) is 5.75 Å². The van der Waals surface area contributed by atoms with E-state index in [1.807, 2.05) is 66.4 Å². The number of fused-ring (bicyclic) bond motifs is 1. The first-order valence-electron chi connectivity index (χ1n) is 10.5. The van der Waals surface area contributed by atoms with E-state index >= 15 is 0 Å². The van der Waals surface area contributed by atoms with Crippen molar-refractivity contribution in [2.45, 2.75) is 44.1 Å². The fourth-order valence-electron chi connectivity index (χ4n) is 3.80. The molecule has 2 aromatic carbocycles. The number of hydrogen-bond donors (Lipinski definition) is 0. The van der Waals surface area contributed by atoms with Crippen LogP contribution < -0.4 is 9.64 Å². The minimum Gasteiger partial charge on any atom is -0.489 e. The van der Waals surface area contributed by atoms with Crippen LogP contribution in [0, 0.1) is 0 Å². The van der Waals surface area contributed by atoms with Gasteiger partial charge in [0.2, 0.25) is 5.91 Å². The molecule has 2 heterocycles. The van der Waals surface area contributed by atoms with Gasteiger partial charge in [-0.1, -0.05) is 55.4 Å². The molecular formula is C23H26N2O4S2. The number of unbranched alkanes of at least 4 members (excludes halogenated alkanes) is 1. The van der Waals surface area contributed by atoms with Crippen LogP contribution in [-0.2, 0) is 21.2 Å². The van der Waals surface area contributed by atoms with Crippen molar-refractivity contribution in [3.05, 3.63) is 60.2 Å². The second-order valence-corrected chi connectivity index (χ2v) is 11.2. The molecule has 2 atom stereocenters. The highest BCUT2D eigenvalue weighted by Crippen LogP contribution is 2.41. The predicted octanol–water partition coefficient (Wildman–Crippen LogP) is 4.06. The van der Waals surface area contributed by atoms with E-state index in [4.69, 9.17) is 4.74 Å². The Balaban J connectivity index is 1.53. The quantitative estimate of drug-likeness (QED) is 0.623. The fourth-order valence-corrected chi connectivity index (χ4v) is 7.73. The number of thioether (sulfide) groups is 1. The van der Waals surface area contributed by atoms with Gasteiger partial charge in [0, 0.05) is 17.4 Å². The summed E-state index contributed by atoms with van der Waals surface area (Å²) in [4.78, 5) is 18.6. The van der Waals surface area contributed by atoms with Gasteiger partial charge in [0.1, 0.15) is 12.4 Å². The third-order valence-corrected chi connectivity index (χ3v) is 8.60. The summed E-state index contributed by atoms with van der Waals surface area (Å²) in [5.41, 5.74) is 1.91. The monoisotopic (exact) mass is 458 g/mol. The number of ether oxygens (including phenoxy) is 1. The predicted molar refractivity (Wildman–Crippen MR) is 125 cm³/mol. The second kappa shape index (κ2) is 9.44. The Morgan fingerprint density at radius 2 is 1.87 bits per heavy atom. The Morgan fingerprint density at radius 1 is 1.13 bits per heavy atom. The van der Waals surface area contributed by atoms with Crippen molar-refractivity contribution in [2.24, 2.45) is 4.99 Å². The van der Waals surface area contributed by atoms with E-state index < -0.39 is 9.84 Å². The summed E-state index contributed by atoms with van der Waals surface area (Å²) in [5, 5.41) is 0.501. The lowest BCUT2D eigenvalue weighted by Crippen LogP contribution is -2.37. The molecule has 6 nitrogen and oxygen atoms in total. The van der Waals surface area contributed by atoms with Gasteiger partial charge in [-0.25, -0.2) is 8.42 Å². The van der Waals surface area contributed by atoms with Crippen LogP contribution in [0.25, 0.3) is 0 Å². The van der Waals surface area contributed by atoms with Crippen molar-refractivity contribution in [3.63, 3.8) is 0 Å². The zero-order chi connectivity index (χ0) is 21.8. The molecule has 0 spiro atoms. The Morgan fingerprint density at radius 3 is 2.58 bits per heavy atom. The molecule has 0 aromatic heterocycles. The van der Waals surface area contributed by atoms with E-state index in [0.717, 1.165) is 29.8 Å². The lowest BCUT2D eigenvalue weighted by atomic mass is 10.2. The fraction of sp³-hybridized carbons (Fsp3) is 0.391. The van der Waals surface area contributed by atoms with Crippen LogP contribution in [0.4, 0.5) is 5.69 Å². The van der Waals surface area contributed by atoms with Crippen molar-refractivity contribution >= 4 is 38.4 Å². The molecule has 2 aromatic rings. The van der Waals surface area contributed by atoms with E-state index in [0.29, 0.717) is 18.2 Å². The number of amides is 1. The van der Waals surface area contributed by atoms with Crippen molar-refractivity contribution in [1.29, 1.82) is 0 Å². The molecule has 31 heavy (non-hydrogen) atoms. The number of sulfone groups is 1. The molecule has 0 N–H and O–H groups in total. The van der Waals surface area contributed by atoms with E-state index in [-0.39, 0.29) is 28.7 Å². The highest BCUT2D eigenvalue weighted by molar-refractivity contribution is 8.16. The second-order valence-electron chi connectivity index (χ2n) is 7.83. The Bertz CT molecular complexity index is 1050. The van der Waals surface area contributed by atoms with Crippen LogP contribution in [0.2, 0.25) is 0 Å². The number of carbonyl (C=O) groups is 1. The van der Waals surface area contributed by atoms with Gasteiger partial charge >= 0.3 is 0 Å². The minimum absolute atomic E-state index is 0.0824. The maximum Gasteiger partial charge on any atom is 0.248 e. The summed E-state index contributed by atoms with van der Waals surface area (Å²) in [7, 11) is -3.09. The number of benzene rings is 2. The van der Waals surface area contributed by atoms with Crippen LogP contribution in [0.1, 0.15) is 31.7 Å². The van der Waals surface area contributed by atoms with E-state index in [9.17, 15) is 13.2 Å². The topological polar surface area (TPSA) is 76.0 Å². The first-order chi connectivity index (χ1) is 14.9. The molecule has 2 saturated heterocycles.